The number of hydrogen-bond acceptors (Lipinski definition) is 9. The zero-order chi connectivity index (χ0) is 16.6. The number of benzene rings is 1. The number of hydrogen-bond donors (Lipinski definition) is 2. The minimum Gasteiger partial charge on any atom is -0.744 e. The van der Waals surface area contributed by atoms with Crippen molar-refractivity contribution in [3.8, 4) is 0 Å². The van der Waals surface area contributed by atoms with Gasteiger partial charge in [0.05, 0.1) is 23.7 Å². The summed E-state index contributed by atoms with van der Waals surface area (Å²) in [5.74, 6) is -0.892. The lowest BCUT2D eigenvalue weighted by atomic mass is 10.1. The maximum absolute atomic E-state index is 11.7. The number of esters is 1. The Morgan fingerprint density at radius 3 is 2.36 bits per heavy atom. The van der Waals surface area contributed by atoms with Crippen molar-refractivity contribution in [3.05, 3.63) is 29.3 Å². The van der Waals surface area contributed by atoms with E-state index in [-0.39, 0.29) is 37.6 Å². The number of carbonyl (C=O) groups excluding carboxylic acids is 1. The highest BCUT2D eigenvalue weighted by atomic mass is 32.2. The van der Waals surface area contributed by atoms with Crippen LogP contribution in [0.1, 0.15) is 15.9 Å². The first-order valence-corrected chi connectivity index (χ1v) is 7.52. The molecule has 0 bridgehead atoms. The van der Waals surface area contributed by atoms with Gasteiger partial charge in [-0.25, -0.2) is 23.0 Å². The van der Waals surface area contributed by atoms with E-state index in [1.165, 1.54) is 6.07 Å². The zero-order valence-electron chi connectivity index (χ0n) is 11.4. The molecule has 9 nitrogen and oxygen atoms in total. The molecule has 0 aliphatic rings. The lowest BCUT2D eigenvalue weighted by Gasteiger charge is -2.12. The summed E-state index contributed by atoms with van der Waals surface area (Å²) < 4.78 is 37.9. The van der Waals surface area contributed by atoms with E-state index in [0.29, 0.717) is 0 Å². The van der Waals surface area contributed by atoms with Gasteiger partial charge in [-0.3, -0.25) is 0 Å². The van der Waals surface area contributed by atoms with Gasteiger partial charge in [-0.05, 0) is 23.8 Å². The summed E-state index contributed by atoms with van der Waals surface area (Å²) in [6.45, 7) is -1.27. The van der Waals surface area contributed by atoms with Gasteiger partial charge in [-0.15, -0.1) is 0 Å². The van der Waals surface area contributed by atoms with Crippen LogP contribution in [0.4, 0.5) is 0 Å². The lowest BCUT2D eigenvalue weighted by Crippen LogP contribution is -2.11. The number of carbonyl (C=O) groups is 1. The average molecular weight is 335 g/mol. The van der Waals surface area contributed by atoms with Crippen LogP contribution in [0.5, 0.6) is 0 Å². The van der Waals surface area contributed by atoms with Gasteiger partial charge < -0.3 is 19.5 Å². The molecule has 22 heavy (non-hydrogen) atoms. The Balaban J connectivity index is 2.98. The van der Waals surface area contributed by atoms with Crippen molar-refractivity contribution in [3.63, 3.8) is 0 Å². The Morgan fingerprint density at radius 1 is 1.09 bits per heavy atom. The quantitative estimate of drug-likeness (QED) is 0.194. The van der Waals surface area contributed by atoms with E-state index in [1.807, 2.05) is 0 Å². The second-order valence-electron chi connectivity index (χ2n) is 3.99. The first-order valence-electron chi connectivity index (χ1n) is 6.11. The molecule has 0 saturated carbocycles. The fourth-order valence-corrected chi connectivity index (χ4v) is 2.00. The van der Waals surface area contributed by atoms with Crippen molar-refractivity contribution in [1.29, 1.82) is 0 Å². The van der Waals surface area contributed by atoms with E-state index in [9.17, 15) is 17.8 Å². The van der Waals surface area contributed by atoms with E-state index in [4.69, 9.17) is 15.1 Å². The Hall–Kier alpha value is -1.56. The Labute approximate surface area is 126 Å². The number of rotatable bonds is 9. The Morgan fingerprint density at radius 2 is 1.77 bits per heavy atom. The van der Waals surface area contributed by atoms with Crippen molar-refractivity contribution < 1.29 is 42.5 Å². The van der Waals surface area contributed by atoms with Gasteiger partial charge in [0.2, 0.25) is 0 Å². The molecule has 0 atom stereocenters. The highest BCUT2D eigenvalue weighted by Crippen LogP contribution is 2.17. The molecule has 0 fully saturated rings. The zero-order valence-corrected chi connectivity index (χ0v) is 12.2. The van der Waals surface area contributed by atoms with Crippen LogP contribution in [-0.4, -0.2) is 55.6 Å². The summed E-state index contributed by atoms with van der Waals surface area (Å²) in [6.07, 6.45) is 0. The molecule has 2 N–H and O–H groups in total. The minimum absolute atomic E-state index is 0.0923. The highest BCUT2D eigenvalue weighted by molar-refractivity contribution is 7.85. The van der Waals surface area contributed by atoms with Gasteiger partial charge in [0.25, 0.3) is 0 Å². The smallest absolute Gasteiger partial charge is 0.338 e. The monoisotopic (exact) mass is 335 g/mol. The van der Waals surface area contributed by atoms with E-state index in [1.54, 1.807) is 0 Å². The van der Waals surface area contributed by atoms with E-state index in [2.05, 4.69) is 9.62 Å². The van der Waals surface area contributed by atoms with Gasteiger partial charge in [0.15, 0.2) is 0 Å². The topological polar surface area (TPSA) is 142 Å². The molecule has 10 heteroatoms. The fraction of sp³-hybridized carbons (Fsp3) is 0.417. The van der Waals surface area contributed by atoms with E-state index >= 15 is 0 Å². The lowest BCUT2D eigenvalue weighted by molar-refractivity contribution is -0.306. The molecule has 0 radical (unpaired) electrons. The van der Waals surface area contributed by atoms with Gasteiger partial charge >= 0.3 is 5.97 Å². The SMILES string of the molecule is O=C(OCCO)c1cc(COOCCO)cc(S(=O)(=O)[O-])c1. The van der Waals surface area contributed by atoms with Gasteiger partial charge in [-0.1, -0.05) is 0 Å². The molecular formula is C12H15O9S-. The molecule has 0 aromatic heterocycles. The normalized spacial score (nSPS) is 11.4. The minimum atomic E-state index is -4.78. The molecule has 1 rings (SSSR count). The maximum Gasteiger partial charge on any atom is 0.338 e. The number of ether oxygens (including phenoxy) is 1. The molecule has 0 saturated heterocycles. The van der Waals surface area contributed by atoms with Crippen molar-refractivity contribution in [2.45, 2.75) is 11.5 Å². The van der Waals surface area contributed by atoms with Crippen molar-refractivity contribution in [2.24, 2.45) is 0 Å². The molecular weight excluding hydrogens is 320 g/mol. The third-order valence-electron chi connectivity index (χ3n) is 2.30. The maximum atomic E-state index is 11.7. The van der Waals surface area contributed by atoms with Crippen molar-refractivity contribution in [2.75, 3.05) is 26.4 Å². The second-order valence-corrected chi connectivity index (χ2v) is 5.37. The molecule has 1 aromatic carbocycles. The predicted octanol–water partition coefficient (Wildman–Crippen LogP) is -0.820. The molecule has 124 valence electrons. The molecule has 1 aromatic rings. The molecule has 0 aliphatic heterocycles. The Kier molecular flexibility index (Phi) is 7.38. The van der Waals surface area contributed by atoms with Crippen LogP contribution in [0.15, 0.2) is 23.1 Å². The van der Waals surface area contributed by atoms with Crippen LogP contribution in [0, 0.1) is 0 Å². The number of aliphatic hydroxyl groups excluding tert-OH is 2. The third kappa shape index (κ3) is 6.05. The van der Waals surface area contributed by atoms with E-state index in [0.717, 1.165) is 12.1 Å². The summed E-state index contributed by atoms with van der Waals surface area (Å²) in [5.41, 5.74) is 0.0111. The molecule has 0 unspecified atom stereocenters. The average Bonchev–Trinajstić information content (AvgIpc) is 2.48. The summed E-state index contributed by atoms with van der Waals surface area (Å²) >= 11 is 0. The third-order valence-corrected chi connectivity index (χ3v) is 3.11. The predicted molar refractivity (Wildman–Crippen MR) is 69.6 cm³/mol. The first-order chi connectivity index (χ1) is 10.4. The molecule has 0 amide bonds. The standard InChI is InChI=1S/C12H16O9S/c13-1-3-19-12(15)10-5-9(8-21-20-4-2-14)6-11(7-10)22(16,17)18/h5-7,13-14H,1-4,8H2,(H,16,17,18)/p-1. The second kappa shape index (κ2) is 8.78. The Bertz CT molecular complexity index is 597. The number of aliphatic hydroxyl groups is 2. The van der Waals surface area contributed by atoms with Crippen molar-refractivity contribution in [1.82, 2.24) is 0 Å². The molecule has 0 aliphatic carbocycles. The van der Waals surface area contributed by atoms with Gasteiger partial charge in [0.1, 0.15) is 29.9 Å². The fourth-order valence-electron chi connectivity index (χ4n) is 1.43. The van der Waals surface area contributed by atoms with Crippen LogP contribution in [0.3, 0.4) is 0 Å². The highest BCUT2D eigenvalue weighted by Gasteiger charge is 2.13. The van der Waals surface area contributed by atoms with Crippen LogP contribution in [0.25, 0.3) is 0 Å². The van der Waals surface area contributed by atoms with Crippen LogP contribution in [-0.2, 0) is 31.2 Å². The van der Waals surface area contributed by atoms with Crippen LogP contribution >= 0.6 is 0 Å². The van der Waals surface area contributed by atoms with Gasteiger partial charge in [0, 0.05) is 0 Å². The molecule has 0 spiro atoms. The first kappa shape index (κ1) is 18.5. The van der Waals surface area contributed by atoms with Crippen LogP contribution in [0.2, 0.25) is 0 Å². The van der Waals surface area contributed by atoms with E-state index < -0.39 is 27.6 Å². The summed E-state index contributed by atoms with van der Waals surface area (Å²) in [6, 6.07) is 3.17. The summed E-state index contributed by atoms with van der Waals surface area (Å²) in [4.78, 5) is 20.3. The van der Waals surface area contributed by atoms with Crippen molar-refractivity contribution >= 4 is 16.1 Å². The largest absolute Gasteiger partial charge is 0.744 e. The summed E-state index contributed by atoms with van der Waals surface area (Å²) in [7, 11) is -4.78. The molecule has 0 heterocycles. The summed E-state index contributed by atoms with van der Waals surface area (Å²) in [5, 5.41) is 17.1. The van der Waals surface area contributed by atoms with Crippen LogP contribution < -0.4 is 0 Å². The van der Waals surface area contributed by atoms with Gasteiger partial charge in [-0.2, -0.15) is 0 Å².